The number of fused-ring (bicyclic) bond motifs is 1. The van der Waals surface area contributed by atoms with E-state index in [4.69, 9.17) is 21.1 Å². The van der Waals surface area contributed by atoms with E-state index >= 15 is 0 Å². The number of ether oxygens (including phenoxy) is 2. The molecule has 0 bridgehead atoms. The minimum Gasteiger partial charge on any atom is -0.476 e. The molecule has 0 radical (unpaired) electrons. The molecule has 172 valence electrons. The van der Waals surface area contributed by atoms with Gasteiger partial charge in [0, 0.05) is 11.6 Å². The standard InChI is InChI=1S/C24H23ClN2O5S/c25-19-10-12-20(13-11-19)33(29,30)27-16-23(32-22-9-5-4-8-21(22)27)24(28)26-14-15-31-17-18-6-2-1-3-7-18/h1-13,23H,14-17H2,(H,26,28)/t23-/m0/s1. The van der Waals surface area contributed by atoms with Gasteiger partial charge < -0.3 is 14.8 Å². The summed E-state index contributed by atoms with van der Waals surface area (Å²) < 4.78 is 39.3. The Morgan fingerprint density at radius 1 is 1.03 bits per heavy atom. The Morgan fingerprint density at radius 2 is 1.73 bits per heavy atom. The Bertz CT molecular complexity index is 1200. The summed E-state index contributed by atoms with van der Waals surface area (Å²) in [6, 6.07) is 22.4. The number of anilines is 1. The van der Waals surface area contributed by atoms with Crippen molar-refractivity contribution in [3.8, 4) is 5.75 Å². The van der Waals surface area contributed by atoms with Crippen molar-refractivity contribution in [2.24, 2.45) is 0 Å². The first kappa shape index (κ1) is 23.1. The van der Waals surface area contributed by atoms with E-state index in [9.17, 15) is 13.2 Å². The number of benzene rings is 3. The van der Waals surface area contributed by atoms with Gasteiger partial charge in [-0.15, -0.1) is 0 Å². The molecule has 0 saturated carbocycles. The quantitative estimate of drug-likeness (QED) is 0.491. The highest BCUT2D eigenvalue weighted by Gasteiger charge is 2.37. The summed E-state index contributed by atoms with van der Waals surface area (Å²) in [5.41, 5.74) is 1.42. The number of nitrogens with one attached hydrogen (secondary N) is 1. The number of hydrogen-bond donors (Lipinski definition) is 1. The molecule has 1 N–H and O–H groups in total. The predicted octanol–water partition coefficient (Wildman–Crippen LogP) is 3.63. The highest BCUT2D eigenvalue weighted by molar-refractivity contribution is 7.92. The molecule has 3 aromatic rings. The van der Waals surface area contributed by atoms with Gasteiger partial charge in [0.2, 0.25) is 0 Å². The van der Waals surface area contributed by atoms with E-state index in [1.54, 1.807) is 24.3 Å². The summed E-state index contributed by atoms with van der Waals surface area (Å²) in [5, 5.41) is 3.19. The zero-order valence-corrected chi connectivity index (χ0v) is 19.3. The highest BCUT2D eigenvalue weighted by Crippen LogP contribution is 2.36. The van der Waals surface area contributed by atoms with Gasteiger partial charge in [-0.05, 0) is 42.0 Å². The van der Waals surface area contributed by atoms with Crippen LogP contribution in [0.1, 0.15) is 5.56 Å². The summed E-state index contributed by atoms with van der Waals surface area (Å²) in [4.78, 5) is 12.8. The Hall–Kier alpha value is -3.07. The molecule has 1 aliphatic rings. The number of rotatable bonds is 8. The number of para-hydroxylation sites is 2. The van der Waals surface area contributed by atoms with Crippen LogP contribution < -0.4 is 14.4 Å². The van der Waals surface area contributed by atoms with E-state index in [-0.39, 0.29) is 18.0 Å². The first-order valence-corrected chi connectivity index (χ1v) is 12.2. The van der Waals surface area contributed by atoms with Crippen molar-refractivity contribution in [2.75, 3.05) is 24.0 Å². The average molecular weight is 487 g/mol. The van der Waals surface area contributed by atoms with Gasteiger partial charge in [-0.2, -0.15) is 0 Å². The fourth-order valence-electron chi connectivity index (χ4n) is 3.42. The number of sulfonamides is 1. The molecule has 3 aromatic carbocycles. The number of amides is 1. The average Bonchev–Trinajstić information content (AvgIpc) is 2.84. The topological polar surface area (TPSA) is 84.9 Å². The molecule has 7 nitrogen and oxygen atoms in total. The van der Waals surface area contributed by atoms with Crippen LogP contribution in [0, 0.1) is 0 Å². The van der Waals surface area contributed by atoms with Crippen molar-refractivity contribution in [2.45, 2.75) is 17.6 Å². The molecule has 0 aromatic heterocycles. The maximum atomic E-state index is 13.3. The number of hydrogen-bond acceptors (Lipinski definition) is 5. The molecule has 1 heterocycles. The Morgan fingerprint density at radius 3 is 2.48 bits per heavy atom. The van der Waals surface area contributed by atoms with Crippen LogP contribution in [0.15, 0.2) is 83.8 Å². The fraction of sp³-hybridized carbons (Fsp3) is 0.208. The largest absolute Gasteiger partial charge is 0.476 e. The molecule has 1 aliphatic heterocycles. The lowest BCUT2D eigenvalue weighted by molar-refractivity contribution is -0.128. The van der Waals surface area contributed by atoms with Crippen LogP contribution in [0.4, 0.5) is 5.69 Å². The number of halogens is 1. The summed E-state index contributed by atoms with van der Waals surface area (Å²) in [6.07, 6.45) is -1.00. The van der Waals surface area contributed by atoms with E-state index < -0.39 is 22.0 Å². The lowest BCUT2D eigenvalue weighted by atomic mass is 10.2. The first-order chi connectivity index (χ1) is 15.9. The molecule has 0 saturated heterocycles. The van der Waals surface area contributed by atoms with Crippen molar-refractivity contribution < 1.29 is 22.7 Å². The predicted molar refractivity (Wildman–Crippen MR) is 126 cm³/mol. The third-order valence-electron chi connectivity index (χ3n) is 5.09. The molecular weight excluding hydrogens is 464 g/mol. The monoisotopic (exact) mass is 486 g/mol. The van der Waals surface area contributed by atoms with Crippen LogP contribution >= 0.6 is 11.6 Å². The molecule has 0 fully saturated rings. The minimum absolute atomic E-state index is 0.0806. The van der Waals surface area contributed by atoms with E-state index in [0.29, 0.717) is 29.7 Å². The van der Waals surface area contributed by atoms with Crippen molar-refractivity contribution >= 4 is 33.2 Å². The zero-order valence-electron chi connectivity index (χ0n) is 17.7. The van der Waals surface area contributed by atoms with Crippen molar-refractivity contribution in [1.82, 2.24) is 5.32 Å². The summed E-state index contributed by atoms with van der Waals surface area (Å²) in [6.45, 7) is 0.879. The maximum Gasteiger partial charge on any atom is 0.264 e. The summed E-state index contributed by atoms with van der Waals surface area (Å²) in [5.74, 6) is -0.0918. The van der Waals surface area contributed by atoms with Crippen LogP contribution in [0.5, 0.6) is 5.75 Å². The molecule has 33 heavy (non-hydrogen) atoms. The minimum atomic E-state index is -3.93. The second kappa shape index (κ2) is 10.2. The van der Waals surface area contributed by atoms with Gasteiger partial charge in [0.15, 0.2) is 6.10 Å². The smallest absolute Gasteiger partial charge is 0.264 e. The van der Waals surface area contributed by atoms with Crippen molar-refractivity contribution in [3.63, 3.8) is 0 Å². The Labute approximate surface area is 197 Å². The van der Waals surface area contributed by atoms with Gasteiger partial charge in [-0.25, -0.2) is 8.42 Å². The van der Waals surface area contributed by atoms with Crippen LogP contribution in [0.2, 0.25) is 5.02 Å². The first-order valence-electron chi connectivity index (χ1n) is 10.4. The van der Waals surface area contributed by atoms with Gasteiger partial charge in [0.25, 0.3) is 15.9 Å². The number of nitrogens with zero attached hydrogens (tertiary/aromatic N) is 1. The molecule has 0 spiro atoms. The summed E-state index contributed by atoms with van der Waals surface area (Å²) in [7, 11) is -3.93. The van der Waals surface area contributed by atoms with Crippen molar-refractivity contribution in [3.05, 3.63) is 89.4 Å². The number of carbonyl (C=O) groups excluding carboxylic acids is 1. The Balaban J connectivity index is 1.42. The van der Waals surface area contributed by atoms with E-state index in [1.807, 2.05) is 30.3 Å². The SMILES string of the molecule is O=C(NCCOCc1ccccc1)[C@@H]1CN(S(=O)(=O)c2ccc(Cl)cc2)c2ccccc2O1. The van der Waals surface area contributed by atoms with Crippen LogP contribution in [0.25, 0.3) is 0 Å². The second-order valence-corrected chi connectivity index (χ2v) is 9.69. The zero-order chi connectivity index (χ0) is 23.3. The van der Waals surface area contributed by atoms with Gasteiger partial charge in [-0.3, -0.25) is 9.10 Å². The molecule has 0 unspecified atom stereocenters. The number of carbonyl (C=O) groups is 1. The van der Waals surface area contributed by atoms with E-state index in [2.05, 4.69) is 5.32 Å². The van der Waals surface area contributed by atoms with Crippen molar-refractivity contribution in [1.29, 1.82) is 0 Å². The molecule has 9 heteroatoms. The lowest BCUT2D eigenvalue weighted by Gasteiger charge is -2.34. The Kier molecular flexibility index (Phi) is 7.17. The van der Waals surface area contributed by atoms with Gasteiger partial charge in [0.1, 0.15) is 5.75 Å². The maximum absolute atomic E-state index is 13.3. The van der Waals surface area contributed by atoms with E-state index in [0.717, 1.165) is 5.56 Å². The highest BCUT2D eigenvalue weighted by atomic mass is 35.5. The fourth-order valence-corrected chi connectivity index (χ4v) is 5.03. The molecular formula is C24H23ClN2O5S. The molecule has 0 aliphatic carbocycles. The third-order valence-corrected chi connectivity index (χ3v) is 7.13. The van der Waals surface area contributed by atoms with Gasteiger partial charge in [0.05, 0.1) is 30.3 Å². The molecule has 1 atom stereocenters. The van der Waals surface area contributed by atoms with E-state index in [1.165, 1.54) is 28.6 Å². The normalized spacial score (nSPS) is 15.4. The molecule has 4 rings (SSSR count). The third kappa shape index (κ3) is 5.47. The van der Waals surface area contributed by atoms with Crippen LogP contribution in [-0.2, 0) is 26.2 Å². The second-order valence-electron chi connectivity index (χ2n) is 7.39. The van der Waals surface area contributed by atoms with Gasteiger partial charge in [-0.1, -0.05) is 54.1 Å². The summed E-state index contributed by atoms with van der Waals surface area (Å²) >= 11 is 5.91. The lowest BCUT2D eigenvalue weighted by Crippen LogP contribution is -2.51. The van der Waals surface area contributed by atoms with Gasteiger partial charge >= 0.3 is 0 Å². The molecule has 1 amide bonds. The van der Waals surface area contributed by atoms with Crippen LogP contribution in [-0.4, -0.2) is 40.1 Å². The van der Waals surface area contributed by atoms with Crippen LogP contribution in [0.3, 0.4) is 0 Å².